The van der Waals surface area contributed by atoms with Gasteiger partial charge in [-0.15, -0.1) is 11.3 Å². The highest BCUT2D eigenvalue weighted by Gasteiger charge is 2.32. The summed E-state index contributed by atoms with van der Waals surface area (Å²) in [6.45, 7) is 1.51. The molecule has 6 nitrogen and oxygen atoms in total. The Bertz CT molecular complexity index is 987. The van der Waals surface area contributed by atoms with Crippen LogP contribution in [-0.4, -0.2) is 20.9 Å². The molecule has 0 atom stereocenters. The Hall–Kier alpha value is -3.01. The van der Waals surface area contributed by atoms with Crippen molar-refractivity contribution in [1.29, 1.82) is 0 Å². The van der Waals surface area contributed by atoms with Crippen LogP contribution in [0.25, 0.3) is 10.7 Å². The summed E-state index contributed by atoms with van der Waals surface area (Å²) in [4.78, 5) is 24.5. The van der Waals surface area contributed by atoms with Crippen LogP contribution in [0, 0.1) is 6.92 Å². The van der Waals surface area contributed by atoms with Gasteiger partial charge in [-0.2, -0.15) is 13.2 Å². The predicted octanol–water partition coefficient (Wildman–Crippen LogP) is 3.44. The molecule has 3 rings (SSSR count). The normalized spacial score (nSPS) is 11.4. The second-order valence-electron chi connectivity index (χ2n) is 5.63. The van der Waals surface area contributed by atoms with Crippen molar-refractivity contribution in [1.82, 2.24) is 20.3 Å². The van der Waals surface area contributed by atoms with Crippen LogP contribution >= 0.6 is 11.3 Å². The largest absolute Gasteiger partial charge is 0.416 e. The van der Waals surface area contributed by atoms with Gasteiger partial charge in [0.25, 0.3) is 5.91 Å². The maximum Gasteiger partial charge on any atom is 0.416 e. The second kappa shape index (κ2) is 7.31. The summed E-state index contributed by atoms with van der Waals surface area (Å²) in [5.41, 5.74) is 5.93. The van der Waals surface area contributed by atoms with Gasteiger partial charge < -0.3 is 11.1 Å². The fraction of sp³-hybridized carbons (Fsp3) is 0.176. The first-order chi connectivity index (χ1) is 12.7. The molecule has 1 amide bonds. The van der Waals surface area contributed by atoms with Gasteiger partial charge in [-0.25, -0.2) is 15.0 Å². The minimum atomic E-state index is -4.50. The number of hydrogen-bond acceptors (Lipinski definition) is 6. The molecule has 3 aromatic rings. The number of nitrogen functional groups attached to an aromatic ring is 1. The van der Waals surface area contributed by atoms with Crippen LogP contribution in [0.3, 0.4) is 0 Å². The van der Waals surface area contributed by atoms with Gasteiger partial charge in [-0.3, -0.25) is 4.79 Å². The number of nitrogens with one attached hydrogen (secondary N) is 1. The quantitative estimate of drug-likeness (QED) is 0.708. The van der Waals surface area contributed by atoms with Crippen molar-refractivity contribution in [3.8, 4) is 10.7 Å². The molecule has 140 valence electrons. The monoisotopic (exact) mass is 393 g/mol. The zero-order chi connectivity index (χ0) is 19.6. The number of benzene rings is 1. The second-order valence-corrected chi connectivity index (χ2v) is 6.49. The number of amides is 1. The van der Waals surface area contributed by atoms with E-state index in [9.17, 15) is 18.0 Å². The molecular formula is C17H14F3N5OS. The van der Waals surface area contributed by atoms with E-state index in [1.165, 1.54) is 35.6 Å². The van der Waals surface area contributed by atoms with Crippen LogP contribution in [0.4, 0.5) is 19.1 Å². The highest BCUT2D eigenvalue weighted by atomic mass is 32.1. The maximum absolute atomic E-state index is 13.0. The van der Waals surface area contributed by atoms with Gasteiger partial charge in [0.05, 0.1) is 5.56 Å². The number of thiazole rings is 1. The van der Waals surface area contributed by atoms with Crippen LogP contribution in [0.5, 0.6) is 0 Å². The molecule has 27 heavy (non-hydrogen) atoms. The van der Waals surface area contributed by atoms with Crippen LogP contribution in [-0.2, 0) is 12.7 Å². The summed E-state index contributed by atoms with van der Waals surface area (Å²) in [6, 6.07) is 6.44. The number of nitrogens with two attached hydrogens (primary N) is 1. The van der Waals surface area contributed by atoms with Crippen molar-refractivity contribution < 1.29 is 18.0 Å². The van der Waals surface area contributed by atoms with E-state index in [-0.39, 0.29) is 23.8 Å². The highest BCUT2D eigenvalue weighted by molar-refractivity contribution is 7.13. The molecule has 2 heterocycles. The zero-order valence-electron chi connectivity index (χ0n) is 14.0. The third-order valence-electron chi connectivity index (χ3n) is 3.58. The van der Waals surface area contributed by atoms with E-state index < -0.39 is 17.6 Å². The minimum Gasteiger partial charge on any atom is -0.368 e. The number of anilines is 1. The molecule has 0 aliphatic rings. The van der Waals surface area contributed by atoms with E-state index in [0.717, 1.165) is 11.8 Å². The van der Waals surface area contributed by atoms with Crippen LogP contribution in [0.2, 0.25) is 0 Å². The van der Waals surface area contributed by atoms with Crippen LogP contribution in [0.1, 0.15) is 27.3 Å². The Morgan fingerprint density at radius 2 is 1.96 bits per heavy atom. The van der Waals surface area contributed by atoms with Crippen LogP contribution in [0.15, 0.2) is 35.7 Å². The number of rotatable bonds is 4. The summed E-state index contributed by atoms with van der Waals surface area (Å²) in [5, 5.41) is 4.83. The van der Waals surface area contributed by atoms with Gasteiger partial charge in [-0.05, 0) is 24.6 Å². The van der Waals surface area contributed by atoms with Crippen LogP contribution < -0.4 is 11.1 Å². The molecule has 0 saturated carbocycles. The molecule has 0 radical (unpaired) electrons. The lowest BCUT2D eigenvalue weighted by molar-refractivity contribution is -0.138. The summed E-state index contributed by atoms with van der Waals surface area (Å²) in [5.74, 6) is -0.781. The summed E-state index contributed by atoms with van der Waals surface area (Å²) in [7, 11) is 0. The first-order valence-corrected chi connectivity index (χ1v) is 8.62. The lowest BCUT2D eigenvalue weighted by atomic mass is 10.1. The van der Waals surface area contributed by atoms with Crippen molar-refractivity contribution in [3.63, 3.8) is 0 Å². The van der Waals surface area contributed by atoms with Gasteiger partial charge >= 0.3 is 6.18 Å². The summed E-state index contributed by atoms with van der Waals surface area (Å²) < 4.78 is 39.1. The van der Waals surface area contributed by atoms with E-state index in [4.69, 9.17) is 5.73 Å². The third-order valence-corrected chi connectivity index (χ3v) is 4.56. The minimum absolute atomic E-state index is 0.0452. The highest BCUT2D eigenvalue weighted by Crippen LogP contribution is 2.31. The van der Waals surface area contributed by atoms with Crippen molar-refractivity contribution in [2.45, 2.75) is 19.6 Å². The number of carbonyl (C=O) groups excluding carboxylic acids is 1. The van der Waals surface area contributed by atoms with Crippen molar-refractivity contribution in [3.05, 3.63) is 58.2 Å². The standard InChI is InChI=1S/C17H14F3N5OS/c1-9-8-27-15(23-9)13-6-12(24-16(21)25-13)14(26)22-7-10-4-2-3-5-11(10)17(18,19)20/h2-6,8H,7H2,1H3,(H,22,26)(H2,21,24,25). The number of aromatic nitrogens is 3. The lowest BCUT2D eigenvalue weighted by Crippen LogP contribution is -2.26. The zero-order valence-corrected chi connectivity index (χ0v) is 14.9. The smallest absolute Gasteiger partial charge is 0.368 e. The molecule has 0 unspecified atom stereocenters. The number of hydrogen-bond donors (Lipinski definition) is 2. The van der Waals surface area contributed by atoms with E-state index in [2.05, 4.69) is 20.3 Å². The Kier molecular flexibility index (Phi) is 5.08. The SMILES string of the molecule is Cc1csc(-c2cc(C(=O)NCc3ccccc3C(F)(F)F)nc(N)n2)n1. The average molecular weight is 393 g/mol. The van der Waals surface area contributed by atoms with Gasteiger partial charge in [0.2, 0.25) is 5.95 Å². The molecule has 0 aliphatic carbocycles. The first-order valence-electron chi connectivity index (χ1n) is 7.74. The topological polar surface area (TPSA) is 93.8 Å². The van der Waals surface area contributed by atoms with Gasteiger partial charge in [-0.1, -0.05) is 18.2 Å². The number of carbonyl (C=O) groups is 1. The number of nitrogens with zero attached hydrogens (tertiary/aromatic N) is 3. The Labute approximate surface area is 156 Å². The molecule has 2 aromatic heterocycles. The summed E-state index contributed by atoms with van der Waals surface area (Å²) >= 11 is 1.33. The van der Waals surface area contributed by atoms with Crippen molar-refractivity contribution >= 4 is 23.2 Å². The molecular weight excluding hydrogens is 379 g/mol. The Morgan fingerprint density at radius 3 is 2.63 bits per heavy atom. The molecule has 0 saturated heterocycles. The maximum atomic E-state index is 13.0. The fourth-order valence-electron chi connectivity index (χ4n) is 2.38. The molecule has 0 fully saturated rings. The van der Waals surface area contributed by atoms with Crippen molar-refractivity contribution in [2.24, 2.45) is 0 Å². The predicted molar refractivity (Wildman–Crippen MR) is 94.9 cm³/mol. The number of alkyl halides is 3. The Balaban J connectivity index is 1.81. The number of aryl methyl sites for hydroxylation is 1. The lowest BCUT2D eigenvalue weighted by Gasteiger charge is -2.13. The summed E-state index contributed by atoms with van der Waals surface area (Å²) in [6.07, 6.45) is -4.50. The van der Waals surface area contributed by atoms with E-state index in [0.29, 0.717) is 10.7 Å². The van der Waals surface area contributed by atoms with E-state index in [1.54, 1.807) is 0 Å². The van der Waals surface area contributed by atoms with Gasteiger partial charge in [0, 0.05) is 17.6 Å². The molecule has 1 aromatic carbocycles. The molecule has 3 N–H and O–H groups in total. The van der Waals surface area contributed by atoms with E-state index in [1.807, 2.05) is 12.3 Å². The van der Waals surface area contributed by atoms with E-state index >= 15 is 0 Å². The molecule has 0 bridgehead atoms. The molecule has 0 aliphatic heterocycles. The Morgan fingerprint density at radius 1 is 1.22 bits per heavy atom. The first kappa shape index (κ1) is 18.8. The van der Waals surface area contributed by atoms with Gasteiger partial charge in [0.1, 0.15) is 16.4 Å². The average Bonchev–Trinajstić information content (AvgIpc) is 3.05. The number of halogens is 3. The van der Waals surface area contributed by atoms with Crippen molar-refractivity contribution in [2.75, 3.05) is 5.73 Å². The fourth-order valence-corrected chi connectivity index (χ4v) is 3.14. The third kappa shape index (κ3) is 4.40. The molecule has 0 spiro atoms. The molecule has 10 heteroatoms. The van der Waals surface area contributed by atoms with Gasteiger partial charge in [0.15, 0.2) is 0 Å².